The smallest absolute Gasteiger partial charge is 0.349 e. The highest BCUT2D eigenvalue weighted by Gasteiger charge is 2.35. The fraction of sp³-hybridized carbons (Fsp3) is 0.462. The number of hydrogen-bond donors (Lipinski definition) is 1. The predicted octanol–water partition coefficient (Wildman–Crippen LogP) is 0.805. The van der Waals surface area contributed by atoms with Gasteiger partial charge in [0.25, 0.3) is 0 Å². The maximum absolute atomic E-state index is 12.8. The molecule has 9 nitrogen and oxygen atoms in total. The lowest BCUT2D eigenvalue weighted by molar-refractivity contribution is -0.137. The summed E-state index contributed by atoms with van der Waals surface area (Å²) in [5.74, 6) is -3.12. The first-order chi connectivity index (χ1) is 11.1. The lowest BCUT2D eigenvalue weighted by Crippen LogP contribution is -2.40. The largest absolute Gasteiger partial charge is 0.480 e. The van der Waals surface area contributed by atoms with Crippen LogP contribution in [0.15, 0.2) is 11.0 Å². The van der Waals surface area contributed by atoms with Crippen molar-refractivity contribution in [1.29, 1.82) is 0 Å². The van der Waals surface area contributed by atoms with Gasteiger partial charge in [0.15, 0.2) is 0 Å². The van der Waals surface area contributed by atoms with Gasteiger partial charge in [0.05, 0.1) is 14.2 Å². The fourth-order valence-corrected chi connectivity index (χ4v) is 4.88. The summed E-state index contributed by atoms with van der Waals surface area (Å²) >= 11 is 0.597. The van der Waals surface area contributed by atoms with E-state index in [-0.39, 0.29) is 9.75 Å². The van der Waals surface area contributed by atoms with Crippen molar-refractivity contribution in [3.8, 4) is 0 Å². The number of thiophene rings is 1. The van der Waals surface area contributed by atoms with E-state index >= 15 is 0 Å². The second-order valence-electron chi connectivity index (χ2n) is 4.82. The van der Waals surface area contributed by atoms with Crippen molar-refractivity contribution in [1.82, 2.24) is 4.31 Å². The van der Waals surface area contributed by atoms with Crippen LogP contribution in [-0.2, 0) is 24.3 Å². The van der Waals surface area contributed by atoms with Gasteiger partial charge in [-0.15, -0.1) is 11.3 Å². The minimum Gasteiger partial charge on any atom is -0.480 e. The zero-order valence-electron chi connectivity index (χ0n) is 13.4. The van der Waals surface area contributed by atoms with Crippen LogP contribution in [0.4, 0.5) is 0 Å². The maximum Gasteiger partial charge on any atom is 0.349 e. The highest BCUT2D eigenvalue weighted by Crippen LogP contribution is 2.31. The first-order valence-electron chi connectivity index (χ1n) is 6.60. The number of carboxylic acids is 1. The van der Waals surface area contributed by atoms with Crippen LogP contribution < -0.4 is 0 Å². The Bertz CT molecular complexity index is 750. The van der Waals surface area contributed by atoms with E-state index in [1.807, 2.05) is 0 Å². The fourth-order valence-electron chi connectivity index (χ4n) is 1.81. The van der Waals surface area contributed by atoms with Gasteiger partial charge >= 0.3 is 17.9 Å². The molecule has 0 aliphatic heterocycles. The normalized spacial score (nSPS) is 11.6. The Morgan fingerprint density at radius 1 is 1.21 bits per heavy atom. The van der Waals surface area contributed by atoms with Gasteiger partial charge in [-0.1, -0.05) is 0 Å². The van der Waals surface area contributed by atoms with Gasteiger partial charge in [-0.2, -0.15) is 4.31 Å². The molecule has 1 aromatic rings. The lowest BCUT2D eigenvalue weighted by atomic mass is 10.4. The number of esters is 2. The van der Waals surface area contributed by atoms with Crippen LogP contribution in [0.3, 0.4) is 0 Å². The summed E-state index contributed by atoms with van der Waals surface area (Å²) in [6.07, 6.45) is 0. The number of rotatable bonds is 7. The molecule has 0 aliphatic rings. The number of hydrogen-bond acceptors (Lipinski definition) is 8. The molecule has 1 rings (SSSR count). The highest BCUT2D eigenvalue weighted by atomic mass is 32.2. The first-order valence-corrected chi connectivity index (χ1v) is 8.86. The molecule has 134 valence electrons. The average molecular weight is 379 g/mol. The number of carboxylic acid groups (broad SMARTS) is 1. The molecule has 0 unspecified atom stereocenters. The van der Waals surface area contributed by atoms with Gasteiger partial charge < -0.3 is 14.6 Å². The summed E-state index contributed by atoms with van der Waals surface area (Å²) < 4.78 is 35.3. The van der Waals surface area contributed by atoms with Gasteiger partial charge in [-0.3, -0.25) is 4.79 Å². The molecule has 1 heterocycles. The number of ether oxygens (including phenoxy) is 2. The van der Waals surface area contributed by atoms with Gasteiger partial charge in [0.2, 0.25) is 10.0 Å². The summed E-state index contributed by atoms with van der Waals surface area (Å²) in [6.45, 7) is 2.20. The monoisotopic (exact) mass is 379 g/mol. The molecule has 0 saturated heterocycles. The molecule has 0 aliphatic carbocycles. The molecule has 0 bridgehead atoms. The van der Waals surface area contributed by atoms with Crippen LogP contribution in [0, 0.1) is 0 Å². The standard InChI is InChI=1S/C13H17NO8S2/c1-7(2)14(6-10(15)16)24(19,20)9-5-8(12(17)21-3)23-11(9)13(18)22-4/h5,7H,6H2,1-4H3,(H,15,16). The molecule has 0 spiro atoms. The third-order valence-electron chi connectivity index (χ3n) is 2.91. The number of sulfonamides is 1. The number of nitrogens with zero attached hydrogens (tertiary/aromatic N) is 1. The molecule has 0 radical (unpaired) electrons. The van der Waals surface area contributed by atoms with Gasteiger partial charge in [-0.05, 0) is 19.9 Å². The van der Waals surface area contributed by atoms with Crippen molar-refractivity contribution < 1.29 is 37.4 Å². The Morgan fingerprint density at radius 3 is 2.17 bits per heavy atom. The van der Waals surface area contributed by atoms with E-state index in [2.05, 4.69) is 9.47 Å². The van der Waals surface area contributed by atoms with E-state index in [0.29, 0.717) is 15.6 Å². The lowest BCUT2D eigenvalue weighted by Gasteiger charge is -2.23. The van der Waals surface area contributed by atoms with E-state index < -0.39 is 45.4 Å². The van der Waals surface area contributed by atoms with Crippen molar-refractivity contribution in [3.63, 3.8) is 0 Å². The molecular weight excluding hydrogens is 362 g/mol. The summed E-state index contributed by atoms with van der Waals surface area (Å²) in [4.78, 5) is 33.5. The van der Waals surface area contributed by atoms with Crippen molar-refractivity contribution in [2.75, 3.05) is 20.8 Å². The summed E-state index contributed by atoms with van der Waals surface area (Å²) in [6, 6.07) is 0.299. The highest BCUT2D eigenvalue weighted by molar-refractivity contribution is 7.89. The van der Waals surface area contributed by atoms with Crippen LogP contribution >= 0.6 is 11.3 Å². The second kappa shape index (κ2) is 7.73. The molecule has 0 fully saturated rings. The predicted molar refractivity (Wildman–Crippen MR) is 83.7 cm³/mol. The SMILES string of the molecule is COC(=O)c1cc(S(=O)(=O)N(CC(=O)O)C(C)C)c(C(=O)OC)s1. The molecule has 24 heavy (non-hydrogen) atoms. The number of aliphatic carboxylic acids is 1. The van der Waals surface area contributed by atoms with Gasteiger partial charge in [-0.25, -0.2) is 18.0 Å². The maximum atomic E-state index is 12.8. The van der Waals surface area contributed by atoms with E-state index in [9.17, 15) is 22.8 Å². The zero-order chi connectivity index (χ0) is 18.7. The zero-order valence-corrected chi connectivity index (χ0v) is 15.1. The Labute approximate surface area is 142 Å². The number of methoxy groups -OCH3 is 2. The Hall–Kier alpha value is -1.98. The van der Waals surface area contributed by atoms with Crippen LogP contribution in [0.1, 0.15) is 33.2 Å². The Kier molecular flexibility index (Phi) is 6.46. The Morgan fingerprint density at radius 2 is 1.75 bits per heavy atom. The van der Waals surface area contributed by atoms with E-state index in [4.69, 9.17) is 5.11 Å². The molecule has 0 atom stereocenters. The quantitative estimate of drug-likeness (QED) is 0.689. The summed E-state index contributed by atoms with van der Waals surface area (Å²) in [5, 5.41) is 8.93. The minimum atomic E-state index is -4.35. The van der Waals surface area contributed by atoms with Crippen molar-refractivity contribution in [2.24, 2.45) is 0 Å². The third kappa shape index (κ3) is 4.10. The van der Waals surface area contributed by atoms with Crippen LogP contribution in [0.25, 0.3) is 0 Å². The topological polar surface area (TPSA) is 127 Å². The van der Waals surface area contributed by atoms with E-state index in [0.717, 1.165) is 20.3 Å². The molecule has 1 aromatic heterocycles. The summed E-state index contributed by atoms with van der Waals surface area (Å²) in [7, 11) is -2.17. The number of carbonyl (C=O) groups excluding carboxylic acids is 2. The molecule has 0 aromatic carbocycles. The molecule has 0 amide bonds. The van der Waals surface area contributed by atoms with Crippen LogP contribution in [-0.4, -0.2) is 62.5 Å². The first kappa shape index (κ1) is 20.1. The molecular formula is C13H17NO8S2. The minimum absolute atomic E-state index is 0.115. The molecule has 11 heteroatoms. The van der Waals surface area contributed by atoms with Gasteiger partial charge in [0, 0.05) is 6.04 Å². The van der Waals surface area contributed by atoms with E-state index in [1.54, 1.807) is 0 Å². The van der Waals surface area contributed by atoms with Crippen molar-refractivity contribution in [3.05, 3.63) is 15.8 Å². The number of carbonyl (C=O) groups is 3. The van der Waals surface area contributed by atoms with Crippen molar-refractivity contribution >= 4 is 39.3 Å². The van der Waals surface area contributed by atoms with Crippen LogP contribution in [0.5, 0.6) is 0 Å². The van der Waals surface area contributed by atoms with Gasteiger partial charge in [0.1, 0.15) is 21.2 Å². The third-order valence-corrected chi connectivity index (χ3v) is 6.18. The summed E-state index contributed by atoms with van der Waals surface area (Å²) in [5.41, 5.74) is 0. The average Bonchev–Trinajstić information content (AvgIpc) is 2.96. The molecule has 0 saturated carbocycles. The van der Waals surface area contributed by atoms with Crippen molar-refractivity contribution in [2.45, 2.75) is 24.8 Å². The van der Waals surface area contributed by atoms with E-state index in [1.165, 1.54) is 13.8 Å². The second-order valence-corrected chi connectivity index (χ2v) is 7.74. The molecule has 1 N–H and O–H groups in total. The van der Waals surface area contributed by atoms with Crippen LogP contribution in [0.2, 0.25) is 0 Å². The Balaban J connectivity index is 3.55.